The molecule has 0 rings (SSSR count). The van der Waals surface area contributed by atoms with Gasteiger partial charge >= 0.3 is 0 Å². The van der Waals surface area contributed by atoms with E-state index in [0.717, 1.165) is 6.42 Å². The molecule has 9 heteroatoms. The van der Waals surface area contributed by atoms with Crippen molar-refractivity contribution in [3.63, 3.8) is 0 Å². The first-order valence-corrected chi connectivity index (χ1v) is 6.99. The van der Waals surface area contributed by atoms with Gasteiger partial charge in [0.05, 0.1) is 0 Å². The standard InChI is InChI=1S/C6H12N4.C5H11N3O.C4H7N/c1-4-5-9-10(3)6(7)8-2;1-7-5(6)8(2)4-9-3;1-3-4-5-2/h5,7H,2,4H2,1,3H3;6H,1,4H2,2-3H3;3-4H,2H2,1H3/b7-6?,9-5-;;. The zero-order valence-electron chi connectivity index (χ0n) is 15.4. The summed E-state index contributed by atoms with van der Waals surface area (Å²) >= 11 is 0. The third kappa shape index (κ3) is 19.3. The number of ether oxygens (including phenoxy) is 1. The lowest BCUT2D eigenvalue weighted by Gasteiger charge is -2.13. The minimum absolute atomic E-state index is 0.0599. The fraction of sp³-hybridized carbons (Fsp3) is 0.467. The van der Waals surface area contributed by atoms with Crippen molar-refractivity contribution in [1.82, 2.24) is 9.91 Å². The van der Waals surface area contributed by atoms with E-state index < -0.39 is 0 Å². The largest absolute Gasteiger partial charge is 0.364 e. The number of rotatable bonds is 5. The highest BCUT2D eigenvalue weighted by Crippen LogP contribution is 1.85. The molecule has 0 unspecified atom stereocenters. The Morgan fingerprint density at radius 2 is 1.67 bits per heavy atom. The minimum Gasteiger partial charge on any atom is -0.364 e. The average molecular weight is 338 g/mol. The van der Waals surface area contributed by atoms with Crippen LogP contribution in [0.1, 0.15) is 20.3 Å². The quantitative estimate of drug-likeness (QED) is 0.347. The molecule has 136 valence electrons. The Labute approximate surface area is 145 Å². The van der Waals surface area contributed by atoms with Gasteiger partial charge in [-0.05, 0) is 33.5 Å². The van der Waals surface area contributed by atoms with Gasteiger partial charge in [-0.1, -0.05) is 13.0 Å². The minimum atomic E-state index is 0.0599. The number of guanidine groups is 2. The second-order valence-corrected chi connectivity index (χ2v) is 3.97. The average Bonchev–Trinajstić information content (AvgIpc) is 2.60. The van der Waals surface area contributed by atoms with Crippen LogP contribution in [0.25, 0.3) is 0 Å². The smallest absolute Gasteiger partial charge is 0.237 e. The van der Waals surface area contributed by atoms with E-state index in [4.69, 9.17) is 15.6 Å². The fourth-order valence-corrected chi connectivity index (χ4v) is 0.842. The molecule has 0 bridgehead atoms. The summed E-state index contributed by atoms with van der Waals surface area (Å²) in [6.45, 7) is 13.9. The number of methoxy groups -OCH3 is 1. The van der Waals surface area contributed by atoms with Crippen LogP contribution in [0.2, 0.25) is 0 Å². The van der Waals surface area contributed by atoms with Crippen LogP contribution in [-0.2, 0) is 4.74 Å². The Morgan fingerprint density at radius 1 is 1.12 bits per heavy atom. The molecule has 0 radical (unpaired) electrons. The number of allylic oxidation sites excluding steroid dienone is 1. The fourth-order valence-electron chi connectivity index (χ4n) is 0.842. The molecular weight excluding hydrogens is 308 g/mol. The number of hydrazone groups is 1. The van der Waals surface area contributed by atoms with Gasteiger partial charge in [0.15, 0.2) is 0 Å². The van der Waals surface area contributed by atoms with E-state index >= 15 is 0 Å². The summed E-state index contributed by atoms with van der Waals surface area (Å²) in [4.78, 5) is 11.7. The molecule has 0 aromatic carbocycles. The van der Waals surface area contributed by atoms with E-state index in [0.29, 0.717) is 6.73 Å². The van der Waals surface area contributed by atoms with E-state index in [1.165, 1.54) is 9.91 Å². The third-order valence-electron chi connectivity index (χ3n) is 1.98. The summed E-state index contributed by atoms with van der Waals surface area (Å²) in [6.07, 6.45) is 6.03. The zero-order valence-corrected chi connectivity index (χ0v) is 15.4. The monoisotopic (exact) mass is 338 g/mol. The molecule has 0 atom stereocenters. The van der Waals surface area contributed by atoms with Crippen LogP contribution >= 0.6 is 0 Å². The molecule has 2 N–H and O–H groups in total. The van der Waals surface area contributed by atoms with E-state index in [-0.39, 0.29) is 11.9 Å². The maximum atomic E-state index is 7.10. The van der Waals surface area contributed by atoms with Crippen molar-refractivity contribution < 1.29 is 4.74 Å². The van der Waals surface area contributed by atoms with Crippen molar-refractivity contribution in [2.75, 3.05) is 27.9 Å². The van der Waals surface area contributed by atoms with Gasteiger partial charge in [0.2, 0.25) is 11.9 Å². The van der Waals surface area contributed by atoms with Crippen molar-refractivity contribution in [2.24, 2.45) is 20.1 Å². The van der Waals surface area contributed by atoms with Gasteiger partial charge in [0, 0.05) is 33.6 Å². The summed E-state index contributed by atoms with van der Waals surface area (Å²) in [5.74, 6) is 0.182. The van der Waals surface area contributed by atoms with Gasteiger partial charge in [-0.15, -0.1) is 0 Å². The lowest BCUT2D eigenvalue weighted by Crippen LogP contribution is -2.25. The lowest BCUT2D eigenvalue weighted by molar-refractivity contribution is 0.123. The first-order chi connectivity index (χ1) is 11.4. The molecule has 0 aliphatic carbocycles. The molecule has 0 aromatic heterocycles. The normalized spacial score (nSPS) is 9.21. The number of hydrogen-bond acceptors (Lipinski definition) is 5. The second-order valence-electron chi connectivity index (χ2n) is 3.97. The van der Waals surface area contributed by atoms with Crippen LogP contribution in [0, 0.1) is 10.8 Å². The van der Waals surface area contributed by atoms with E-state index in [2.05, 4.69) is 40.2 Å². The van der Waals surface area contributed by atoms with Crippen LogP contribution in [0.3, 0.4) is 0 Å². The van der Waals surface area contributed by atoms with Crippen molar-refractivity contribution in [1.29, 1.82) is 10.8 Å². The molecule has 0 amide bonds. The number of nitrogens with one attached hydrogen (secondary N) is 2. The third-order valence-corrected chi connectivity index (χ3v) is 1.98. The van der Waals surface area contributed by atoms with Gasteiger partial charge in [0.1, 0.15) is 6.73 Å². The number of aliphatic imine (C=N–C) groups is 3. The van der Waals surface area contributed by atoms with Crippen molar-refractivity contribution >= 4 is 38.3 Å². The molecule has 0 aliphatic rings. The van der Waals surface area contributed by atoms with Gasteiger partial charge in [-0.25, -0.2) is 15.0 Å². The summed E-state index contributed by atoms with van der Waals surface area (Å²) in [5, 5.41) is 19.4. The highest BCUT2D eigenvalue weighted by molar-refractivity contribution is 5.81. The predicted octanol–water partition coefficient (Wildman–Crippen LogP) is 2.33. The van der Waals surface area contributed by atoms with E-state index in [1.54, 1.807) is 33.6 Å². The molecule has 0 heterocycles. The van der Waals surface area contributed by atoms with Crippen LogP contribution in [-0.4, -0.2) is 76.1 Å². The molecule has 0 aliphatic heterocycles. The molecule has 0 saturated heterocycles. The zero-order chi connectivity index (χ0) is 19.4. The first-order valence-electron chi connectivity index (χ1n) is 6.99. The molecule has 0 saturated carbocycles. The van der Waals surface area contributed by atoms with E-state index in [1.807, 2.05) is 19.9 Å². The number of nitrogens with zero attached hydrogens (tertiary/aromatic N) is 6. The Hall–Kier alpha value is -2.68. The molecule has 0 spiro atoms. The summed E-state index contributed by atoms with van der Waals surface area (Å²) in [5.41, 5.74) is 0. The van der Waals surface area contributed by atoms with Crippen LogP contribution < -0.4 is 0 Å². The summed E-state index contributed by atoms with van der Waals surface area (Å²) in [6, 6.07) is 0. The van der Waals surface area contributed by atoms with Crippen molar-refractivity contribution in [3.05, 3.63) is 12.3 Å². The second kappa shape index (κ2) is 20.3. The molecular formula is C15H30N8O. The van der Waals surface area contributed by atoms with Gasteiger partial charge in [-0.3, -0.25) is 15.8 Å². The molecule has 9 nitrogen and oxygen atoms in total. The SMILES string of the molecule is C=NC(=N)N(C)/N=C\CC.C=NC(=N)N(C)COC.C=NC=CC. The lowest BCUT2D eigenvalue weighted by atomic mass is 10.6. The van der Waals surface area contributed by atoms with Crippen molar-refractivity contribution in [3.8, 4) is 0 Å². The molecule has 24 heavy (non-hydrogen) atoms. The van der Waals surface area contributed by atoms with Crippen LogP contribution in [0.4, 0.5) is 0 Å². The Kier molecular flexibility index (Phi) is 22.2. The maximum absolute atomic E-state index is 7.10. The first kappa shape index (κ1) is 26.2. The highest BCUT2D eigenvalue weighted by atomic mass is 16.5. The Morgan fingerprint density at radius 3 is 1.96 bits per heavy atom. The van der Waals surface area contributed by atoms with Gasteiger partial charge in [0.25, 0.3) is 0 Å². The van der Waals surface area contributed by atoms with Gasteiger partial charge in [-0.2, -0.15) is 5.10 Å². The van der Waals surface area contributed by atoms with Gasteiger partial charge < -0.3 is 9.64 Å². The predicted molar refractivity (Wildman–Crippen MR) is 105 cm³/mol. The van der Waals surface area contributed by atoms with Crippen LogP contribution in [0.5, 0.6) is 0 Å². The van der Waals surface area contributed by atoms with Crippen LogP contribution in [0.15, 0.2) is 32.4 Å². The maximum Gasteiger partial charge on any atom is 0.237 e. The Bertz CT molecular complexity index is 431. The summed E-state index contributed by atoms with van der Waals surface area (Å²) in [7, 11) is 4.93. The molecule has 0 fully saturated rings. The molecule has 0 aromatic rings. The topological polar surface area (TPSA) is 113 Å². The number of hydrogen-bond donors (Lipinski definition) is 2. The van der Waals surface area contributed by atoms with E-state index in [9.17, 15) is 0 Å². The summed E-state index contributed by atoms with van der Waals surface area (Å²) < 4.78 is 4.72. The van der Waals surface area contributed by atoms with Crippen molar-refractivity contribution in [2.45, 2.75) is 20.3 Å². The highest BCUT2D eigenvalue weighted by Gasteiger charge is 1.97. The Balaban J connectivity index is -0.000000291.